The van der Waals surface area contributed by atoms with Crippen molar-refractivity contribution in [1.29, 1.82) is 5.26 Å². The maximum Gasteiger partial charge on any atom is 0.194 e. The molecule has 0 N–H and O–H groups in total. The molecular weight excluding hydrogens is 502 g/mol. The molecule has 1 aromatic heterocycles. The highest BCUT2D eigenvalue weighted by atomic mass is 15.6. The number of rotatable bonds is 7. The van der Waals surface area contributed by atoms with Gasteiger partial charge in [0.05, 0.1) is 0 Å². The average Bonchev–Trinajstić information content (AvgIpc) is 3.52. The van der Waals surface area contributed by atoms with E-state index in [1.54, 1.807) is 0 Å². The van der Waals surface area contributed by atoms with Crippen molar-refractivity contribution >= 4 is 11.1 Å². The van der Waals surface area contributed by atoms with E-state index in [0.717, 1.165) is 39.0 Å². The number of allylic oxidation sites excluding steroid dienone is 1. The van der Waals surface area contributed by atoms with Crippen LogP contribution < -0.4 is 0 Å². The Morgan fingerprint density at radius 2 is 1.05 bits per heavy atom. The molecule has 5 aromatic carbocycles. The number of hydrogen-bond donors (Lipinski definition) is 0. The maximum absolute atomic E-state index is 10.8. The van der Waals surface area contributed by atoms with Crippen molar-refractivity contribution in [2.45, 2.75) is 12.5 Å². The third-order valence-corrected chi connectivity index (χ3v) is 7.35. The zero-order chi connectivity index (χ0) is 28.1. The van der Waals surface area contributed by atoms with E-state index in [1.807, 2.05) is 102 Å². The summed E-state index contributed by atoms with van der Waals surface area (Å²) in [6, 6.07) is 51.2. The van der Waals surface area contributed by atoms with Gasteiger partial charge in [-0.2, -0.15) is 5.26 Å². The summed E-state index contributed by atoms with van der Waals surface area (Å²) in [5.74, 6) is 0.378. The molecule has 41 heavy (non-hydrogen) atoms. The van der Waals surface area contributed by atoms with Crippen LogP contribution in [-0.4, -0.2) is 20.2 Å². The van der Waals surface area contributed by atoms with Crippen LogP contribution in [0.5, 0.6) is 0 Å². The minimum Gasteiger partial charge on any atom is -0.205 e. The van der Waals surface area contributed by atoms with E-state index < -0.39 is 5.54 Å². The summed E-state index contributed by atoms with van der Waals surface area (Å²) in [6.07, 6.45) is 0. The van der Waals surface area contributed by atoms with Crippen molar-refractivity contribution in [2.75, 3.05) is 0 Å². The summed E-state index contributed by atoms with van der Waals surface area (Å²) in [5.41, 5.74) is 6.08. The fraction of sp³-hybridized carbons (Fsp3) is 0.0556. The number of nitriles is 1. The van der Waals surface area contributed by atoms with Crippen LogP contribution in [0.1, 0.15) is 39.2 Å². The van der Waals surface area contributed by atoms with Gasteiger partial charge in [-0.3, -0.25) is 0 Å². The van der Waals surface area contributed by atoms with E-state index >= 15 is 0 Å². The Morgan fingerprint density at radius 1 is 0.610 bits per heavy atom. The lowest BCUT2D eigenvalue weighted by atomic mass is 9.76. The molecule has 0 aliphatic carbocycles. The van der Waals surface area contributed by atoms with E-state index in [0.29, 0.717) is 11.4 Å². The van der Waals surface area contributed by atoms with E-state index in [9.17, 15) is 5.26 Å². The lowest BCUT2D eigenvalue weighted by Gasteiger charge is -2.36. The first-order valence-corrected chi connectivity index (χ1v) is 13.5. The molecule has 0 fully saturated rings. The van der Waals surface area contributed by atoms with Gasteiger partial charge in [-0.25, -0.2) is 4.68 Å². The molecule has 6 rings (SSSR count). The Morgan fingerprint density at radius 3 is 1.51 bits per heavy atom. The summed E-state index contributed by atoms with van der Waals surface area (Å²) in [4.78, 5) is 0. The molecule has 0 aliphatic heterocycles. The van der Waals surface area contributed by atoms with Crippen LogP contribution in [0.2, 0.25) is 0 Å². The predicted molar refractivity (Wildman–Crippen MR) is 162 cm³/mol. The lowest BCUT2D eigenvalue weighted by molar-refractivity contribution is 0.443. The van der Waals surface area contributed by atoms with Crippen molar-refractivity contribution < 1.29 is 0 Å². The Bertz CT molecular complexity index is 1720. The maximum atomic E-state index is 10.8. The first-order valence-electron chi connectivity index (χ1n) is 13.5. The number of aromatic nitrogens is 4. The van der Waals surface area contributed by atoms with Crippen LogP contribution in [0, 0.1) is 18.3 Å². The van der Waals surface area contributed by atoms with Gasteiger partial charge < -0.3 is 0 Å². The SMILES string of the molecule is Cc1ccc(/C(=C(\C#N)c2nnnn2C(c2ccccc2)(c2ccccc2)c2ccccc2)c2ccccc2)cc1. The largest absolute Gasteiger partial charge is 0.205 e. The van der Waals surface area contributed by atoms with Gasteiger partial charge in [0.15, 0.2) is 5.82 Å². The van der Waals surface area contributed by atoms with Crippen LogP contribution in [0.15, 0.2) is 146 Å². The van der Waals surface area contributed by atoms with Crippen molar-refractivity contribution in [3.8, 4) is 6.07 Å². The third-order valence-electron chi connectivity index (χ3n) is 7.35. The predicted octanol–water partition coefficient (Wildman–Crippen LogP) is 7.30. The second-order valence-electron chi connectivity index (χ2n) is 9.82. The highest BCUT2D eigenvalue weighted by Gasteiger charge is 2.42. The molecular formula is C36H27N5. The Kier molecular flexibility index (Phi) is 7.04. The van der Waals surface area contributed by atoms with Crippen LogP contribution in [0.25, 0.3) is 11.1 Å². The number of hydrogen-bond acceptors (Lipinski definition) is 4. The van der Waals surface area contributed by atoms with Gasteiger partial charge >= 0.3 is 0 Å². The quantitative estimate of drug-likeness (QED) is 0.161. The van der Waals surface area contributed by atoms with Gasteiger partial charge in [0.2, 0.25) is 0 Å². The number of aryl methyl sites for hydroxylation is 1. The van der Waals surface area contributed by atoms with E-state index in [2.05, 4.69) is 77.0 Å². The van der Waals surface area contributed by atoms with Crippen molar-refractivity contribution in [1.82, 2.24) is 20.2 Å². The molecule has 0 saturated heterocycles. The molecule has 1 heterocycles. The second kappa shape index (κ2) is 11.3. The topological polar surface area (TPSA) is 67.4 Å². The van der Waals surface area contributed by atoms with Crippen LogP contribution >= 0.6 is 0 Å². The monoisotopic (exact) mass is 529 g/mol. The zero-order valence-electron chi connectivity index (χ0n) is 22.6. The third kappa shape index (κ3) is 4.62. The van der Waals surface area contributed by atoms with Gasteiger partial charge in [-0.05, 0) is 45.2 Å². The first-order chi connectivity index (χ1) is 20.2. The Labute approximate surface area is 239 Å². The highest BCUT2D eigenvalue weighted by Crippen LogP contribution is 2.42. The fourth-order valence-corrected chi connectivity index (χ4v) is 5.47. The summed E-state index contributed by atoms with van der Waals surface area (Å²) >= 11 is 0. The highest BCUT2D eigenvalue weighted by molar-refractivity contribution is 6.02. The van der Waals surface area contributed by atoms with Gasteiger partial charge in [-0.15, -0.1) is 5.10 Å². The second-order valence-corrected chi connectivity index (χ2v) is 9.82. The van der Waals surface area contributed by atoms with Gasteiger partial charge in [0, 0.05) is 5.57 Å². The van der Waals surface area contributed by atoms with Crippen molar-refractivity contribution in [3.05, 3.63) is 185 Å². The molecule has 5 heteroatoms. The lowest BCUT2D eigenvalue weighted by Crippen LogP contribution is -2.40. The Hall–Kier alpha value is -5.60. The molecule has 0 saturated carbocycles. The summed E-state index contributed by atoms with van der Waals surface area (Å²) in [5, 5.41) is 24.2. The molecule has 5 nitrogen and oxygen atoms in total. The van der Waals surface area contributed by atoms with E-state index in [-0.39, 0.29) is 0 Å². The zero-order valence-corrected chi connectivity index (χ0v) is 22.6. The normalized spacial score (nSPS) is 11.9. The number of benzene rings is 5. The summed E-state index contributed by atoms with van der Waals surface area (Å²) < 4.78 is 1.81. The molecule has 0 atom stereocenters. The Balaban J connectivity index is 1.74. The van der Waals surface area contributed by atoms with Crippen LogP contribution in [-0.2, 0) is 5.54 Å². The van der Waals surface area contributed by atoms with Gasteiger partial charge in [-0.1, -0.05) is 151 Å². The first kappa shape index (κ1) is 25.7. The minimum atomic E-state index is -0.959. The average molecular weight is 530 g/mol. The molecule has 0 bridgehead atoms. The molecule has 6 aromatic rings. The molecule has 0 amide bonds. The van der Waals surface area contributed by atoms with Crippen LogP contribution in [0.4, 0.5) is 0 Å². The standard InChI is InChI=1S/C36H27N5/c1-27-22-24-29(25-23-27)34(28-14-6-2-7-15-28)33(26-37)35-38-39-40-41(35)36(30-16-8-3-9-17-30,31-18-10-4-11-19-31)32-20-12-5-13-21-32/h2-25H,1H3/b34-33+. The van der Waals surface area contributed by atoms with Crippen molar-refractivity contribution in [2.24, 2.45) is 0 Å². The molecule has 196 valence electrons. The molecule has 0 radical (unpaired) electrons. The number of tetrazole rings is 1. The minimum absolute atomic E-state index is 0.378. The number of nitrogens with zero attached hydrogens (tertiary/aromatic N) is 5. The van der Waals surface area contributed by atoms with Crippen molar-refractivity contribution in [3.63, 3.8) is 0 Å². The molecule has 0 unspecified atom stereocenters. The van der Waals surface area contributed by atoms with Crippen LogP contribution in [0.3, 0.4) is 0 Å². The molecule has 0 spiro atoms. The van der Waals surface area contributed by atoms with E-state index in [1.165, 1.54) is 0 Å². The summed E-state index contributed by atoms with van der Waals surface area (Å²) in [6.45, 7) is 2.05. The van der Waals surface area contributed by atoms with Gasteiger partial charge in [0.1, 0.15) is 17.2 Å². The fourth-order valence-electron chi connectivity index (χ4n) is 5.47. The van der Waals surface area contributed by atoms with E-state index in [4.69, 9.17) is 0 Å². The molecule has 0 aliphatic rings. The van der Waals surface area contributed by atoms with Gasteiger partial charge in [0.25, 0.3) is 0 Å². The summed E-state index contributed by atoms with van der Waals surface area (Å²) in [7, 11) is 0. The smallest absolute Gasteiger partial charge is 0.194 e.